The molecule has 2 aromatic rings. The molecule has 1 heterocycles. The molecule has 0 saturated heterocycles. The molecule has 1 N–H and O–H groups in total. The highest BCUT2D eigenvalue weighted by atomic mass is 14.7. The number of nitrogens with one attached hydrogen (secondary N) is 1. The first kappa shape index (κ1) is 8.83. The van der Waals surface area contributed by atoms with Crippen molar-refractivity contribution in [2.75, 3.05) is 0 Å². The van der Waals surface area contributed by atoms with Gasteiger partial charge in [-0.25, -0.2) is 0 Å². The lowest BCUT2D eigenvalue weighted by molar-refractivity contribution is 0.868. The van der Waals surface area contributed by atoms with E-state index in [4.69, 9.17) is 5.26 Å². The Labute approximate surface area is 83.2 Å². The predicted molar refractivity (Wildman–Crippen MR) is 57.1 cm³/mol. The van der Waals surface area contributed by atoms with Gasteiger partial charge in [0.15, 0.2) is 0 Å². The number of hydrogen-bond acceptors (Lipinski definition) is 1. The maximum atomic E-state index is 8.99. The number of rotatable bonds is 1. The lowest BCUT2D eigenvalue weighted by Gasteiger charge is -2.06. The lowest BCUT2D eigenvalue weighted by Crippen LogP contribution is -1.89. The summed E-state index contributed by atoms with van der Waals surface area (Å²) < 4.78 is 0. The second-order valence-corrected chi connectivity index (χ2v) is 3.78. The van der Waals surface area contributed by atoms with Crippen molar-refractivity contribution in [1.29, 1.82) is 5.26 Å². The molecule has 0 aliphatic carbocycles. The number of aromatic amines is 1. The third-order valence-electron chi connectivity index (χ3n) is 2.47. The van der Waals surface area contributed by atoms with Crippen LogP contribution in [0.15, 0.2) is 24.4 Å². The number of fused-ring (bicyclic) bond motifs is 1. The van der Waals surface area contributed by atoms with Crippen LogP contribution in [0.1, 0.15) is 30.9 Å². The van der Waals surface area contributed by atoms with Crippen molar-refractivity contribution in [3.63, 3.8) is 0 Å². The van der Waals surface area contributed by atoms with Gasteiger partial charge in [-0.3, -0.25) is 0 Å². The van der Waals surface area contributed by atoms with Crippen LogP contribution in [0.5, 0.6) is 0 Å². The minimum Gasteiger partial charge on any atom is -0.360 e. The molecule has 0 aliphatic heterocycles. The largest absolute Gasteiger partial charge is 0.360 e. The number of benzene rings is 1. The second kappa shape index (κ2) is 3.19. The lowest BCUT2D eigenvalue weighted by atomic mass is 9.99. The summed E-state index contributed by atoms with van der Waals surface area (Å²) in [6, 6.07) is 8.32. The summed E-state index contributed by atoms with van der Waals surface area (Å²) in [5.41, 5.74) is 2.89. The van der Waals surface area contributed by atoms with Crippen molar-refractivity contribution in [3.8, 4) is 6.07 Å². The third-order valence-corrected chi connectivity index (χ3v) is 2.47. The SMILES string of the molecule is CC(C)c1cc(C#N)c2[nH]ccc2c1. The maximum Gasteiger partial charge on any atom is 0.101 e. The first-order valence-corrected chi connectivity index (χ1v) is 4.73. The van der Waals surface area contributed by atoms with Crippen LogP contribution in [0.4, 0.5) is 0 Å². The predicted octanol–water partition coefficient (Wildman–Crippen LogP) is 3.16. The molecule has 0 spiro atoms. The molecule has 1 aromatic heterocycles. The highest BCUT2D eigenvalue weighted by Crippen LogP contribution is 2.23. The molecule has 0 bridgehead atoms. The fraction of sp³-hybridized carbons (Fsp3) is 0.250. The molecule has 0 amide bonds. The first-order chi connectivity index (χ1) is 6.72. The van der Waals surface area contributed by atoms with Crippen molar-refractivity contribution in [1.82, 2.24) is 4.98 Å². The van der Waals surface area contributed by atoms with Gasteiger partial charge < -0.3 is 4.98 Å². The smallest absolute Gasteiger partial charge is 0.101 e. The molecule has 2 nitrogen and oxygen atoms in total. The molecule has 0 radical (unpaired) electrons. The average molecular weight is 184 g/mol. The van der Waals surface area contributed by atoms with Gasteiger partial charge in [-0.05, 0) is 29.7 Å². The standard InChI is InChI=1S/C12H12N2/c1-8(2)10-5-9-3-4-14-12(9)11(6-10)7-13/h3-6,8,14H,1-2H3. The van der Waals surface area contributed by atoms with E-state index in [-0.39, 0.29) is 0 Å². The van der Waals surface area contributed by atoms with Gasteiger partial charge in [0.1, 0.15) is 6.07 Å². The summed E-state index contributed by atoms with van der Waals surface area (Å²) in [7, 11) is 0. The molecule has 0 aliphatic rings. The number of nitrogens with zero attached hydrogens (tertiary/aromatic N) is 1. The number of nitriles is 1. The Balaban J connectivity index is 2.75. The van der Waals surface area contributed by atoms with Crippen molar-refractivity contribution in [2.45, 2.75) is 19.8 Å². The van der Waals surface area contributed by atoms with E-state index in [2.05, 4.69) is 31.0 Å². The highest BCUT2D eigenvalue weighted by Gasteiger charge is 2.06. The summed E-state index contributed by atoms with van der Waals surface area (Å²) in [4.78, 5) is 3.08. The van der Waals surface area contributed by atoms with E-state index < -0.39 is 0 Å². The van der Waals surface area contributed by atoms with E-state index >= 15 is 0 Å². The number of aromatic nitrogens is 1. The average Bonchev–Trinajstić information content (AvgIpc) is 2.63. The van der Waals surface area contributed by atoms with Gasteiger partial charge in [-0.1, -0.05) is 13.8 Å². The van der Waals surface area contributed by atoms with Gasteiger partial charge in [0.2, 0.25) is 0 Å². The van der Waals surface area contributed by atoms with Crippen molar-refractivity contribution in [3.05, 3.63) is 35.5 Å². The van der Waals surface area contributed by atoms with Crippen LogP contribution in [-0.2, 0) is 0 Å². The van der Waals surface area contributed by atoms with Crippen molar-refractivity contribution >= 4 is 10.9 Å². The molecule has 0 unspecified atom stereocenters. The Morgan fingerprint density at radius 1 is 1.36 bits per heavy atom. The summed E-state index contributed by atoms with van der Waals surface area (Å²) in [5, 5.41) is 10.1. The summed E-state index contributed by atoms with van der Waals surface area (Å²) in [6.07, 6.45) is 1.87. The van der Waals surface area contributed by atoms with Crippen LogP contribution in [0.2, 0.25) is 0 Å². The van der Waals surface area contributed by atoms with E-state index in [1.807, 2.05) is 18.3 Å². The van der Waals surface area contributed by atoms with Crippen LogP contribution in [-0.4, -0.2) is 4.98 Å². The van der Waals surface area contributed by atoms with Gasteiger partial charge in [-0.2, -0.15) is 5.26 Å². The number of hydrogen-bond donors (Lipinski definition) is 1. The topological polar surface area (TPSA) is 39.6 Å². The first-order valence-electron chi connectivity index (χ1n) is 4.73. The molecule has 2 rings (SSSR count). The van der Waals surface area contributed by atoms with Gasteiger partial charge in [-0.15, -0.1) is 0 Å². The van der Waals surface area contributed by atoms with Crippen molar-refractivity contribution in [2.24, 2.45) is 0 Å². The minimum absolute atomic E-state index is 0.460. The molecule has 1 aromatic carbocycles. The Morgan fingerprint density at radius 3 is 2.79 bits per heavy atom. The van der Waals surface area contributed by atoms with Gasteiger partial charge in [0.25, 0.3) is 0 Å². The van der Waals surface area contributed by atoms with E-state index in [1.165, 1.54) is 5.56 Å². The fourth-order valence-corrected chi connectivity index (χ4v) is 1.62. The van der Waals surface area contributed by atoms with E-state index in [1.54, 1.807) is 0 Å². The molecule has 0 fully saturated rings. The maximum absolute atomic E-state index is 8.99. The van der Waals surface area contributed by atoms with E-state index in [0.29, 0.717) is 5.92 Å². The zero-order chi connectivity index (χ0) is 10.1. The molecule has 0 saturated carbocycles. The summed E-state index contributed by atoms with van der Waals surface area (Å²) in [6.45, 7) is 4.27. The Kier molecular flexibility index (Phi) is 2.01. The van der Waals surface area contributed by atoms with Gasteiger partial charge in [0.05, 0.1) is 11.1 Å². The molecule has 0 atom stereocenters. The van der Waals surface area contributed by atoms with Crippen molar-refractivity contribution < 1.29 is 0 Å². The Morgan fingerprint density at radius 2 is 2.14 bits per heavy atom. The molecular weight excluding hydrogens is 172 g/mol. The second-order valence-electron chi connectivity index (χ2n) is 3.78. The zero-order valence-corrected chi connectivity index (χ0v) is 8.33. The van der Waals surface area contributed by atoms with Crippen LogP contribution in [0, 0.1) is 11.3 Å². The van der Waals surface area contributed by atoms with E-state index in [9.17, 15) is 0 Å². The zero-order valence-electron chi connectivity index (χ0n) is 8.33. The van der Waals surface area contributed by atoms with Crippen LogP contribution in [0.25, 0.3) is 10.9 Å². The molecular formula is C12H12N2. The Hall–Kier alpha value is -1.75. The normalized spacial score (nSPS) is 10.7. The van der Waals surface area contributed by atoms with Crippen LogP contribution in [0.3, 0.4) is 0 Å². The van der Waals surface area contributed by atoms with Gasteiger partial charge in [0, 0.05) is 11.6 Å². The minimum atomic E-state index is 0.460. The van der Waals surface area contributed by atoms with Crippen LogP contribution < -0.4 is 0 Å². The quantitative estimate of drug-likeness (QED) is 0.726. The number of H-pyrrole nitrogens is 1. The summed E-state index contributed by atoms with van der Waals surface area (Å²) in [5.74, 6) is 0.460. The highest BCUT2D eigenvalue weighted by molar-refractivity contribution is 5.85. The molecule has 2 heteroatoms. The fourth-order valence-electron chi connectivity index (χ4n) is 1.62. The van der Waals surface area contributed by atoms with Gasteiger partial charge >= 0.3 is 0 Å². The third kappa shape index (κ3) is 1.27. The van der Waals surface area contributed by atoms with Crippen LogP contribution >= 0.6 is 0 Å². The summed E-state index contributed by atoms with van der Waals surface area (Å²) >= 11 is 0. The Bertz CT molecular complexity index is 501. The molecule has 70 valence electrons. The monoisotopic (exact) mass is 184 g/mol. The molecule has 14 heavy (non-hydrogen) atoms. The van der Waals surface area contributed by atoms with E-state index in [0.717, 1.165) is 16.5 Å².